The van der Waals surface area contributed by atoms with Crippen LogP contribution in [0.25, 0.3) is 10.8 Å². The molecule has 2 aromatic rings. The first-order valence-electron chi connectivity index (χ1n) is 7.13. The Morgan fingerprint density at radius 2 is 1.67 bits per heavy atom. The molecule has 5 heteroatoms. The van der Waals surface area contributed by atoms with Gasteiger partial charge in [-0.3, -0.25) is 4.57 Å². The van der Waals surface area contributed by atoms with E-state index in [-0.39, 0.29) is 6.16 Å². The van der Waals surface area contributed by atoms with E-state index in [1.807, 2.05) is 42.5 Å². The normalized spacial score (nSPS) is 13.5. The van der Waals surface area contributed by atoms with Crippen molar-refractivity contribution >= 4 is 18.4 Å². The van der Waals surface area contributed by atoms with Crippen LogP contribution in [0.15, 0.2) is 42.5 Å². The Labute approximate surface area is 125 Å². The fraction of sp³-hybridized carbons (Fsp3) is 0.375. The summed E-state index contributed by atoms with van der Waals surface area (Å²) in [6.45, 7) is 4.10. The molecule has 2 aromatic carbocycles. The van der Waals surface area contributed by atoms with Crippen LogP contribution in [0.2, 0.25) is 0 Å². The van der Waals surface area contributed by atoms with Crippen LogP contribution in [0.5, 0.6) is 0 Å². The molecule has 4 nitrogen and oxygen atoms in total. The highest BCUT2D eigenvalue weighted by Gasteiger charge is 2.28. The van der Waals surface area contributed by atoms with Gasteiger partial charge < -0.3 is 14.2 Å². The standard InChI is InChI=1S/C16H21O4P/c1-3-19-21(18,20-4-2)12-16(17)15-10-9-13-7-5-6-8-14(13)11-15/h5-11,16-17H,3-4,12H2,1-2H3/t16-/m0/s1. The molecule has 0 heterocycles. The lowest BCUT2D eigenvalue weighted by Crippen LogP contribution is -2.08. The van der Waals surface area contributed by atoms with Gasteiger partial charge >= 0.3 is 7.60 Å². The van der Waals surface area contributed by atoms with Crippen LogP contribution in [-0.2, 0) is 13.6 Å². The quantitative estimate of drug-likeness (QED) is 0.781. The Hall–Kier alpha value is -1.19. The third-order valence-electron chi connectivity index (χ3n) is 3.21. The van der Waals surface area contributed by atoms with Crippen LogP contribution in [0.3, 0.4) is 0 Å². The molecule has 0 fully saturated rings. The van der Waals surface area contributed by atoms with Crippen molar-refractivity contribution in [1.82, 2.24) is 0 Å². The van der Waals surface area contributed by atoms with E-state index in [4.69, 9.17) is 9.05 Å². The molecule has 0 saturated heterocycles. The molecule has 0 aliphatic carbocycles. The van der Waals surface area contributed by atoms with E-state index in [0.29, 0.717) is 18.8 Å². The van der Waals surface area contributed by atoms with Gasteiger partial charge in [0.1, 0.15) is 0 Å². The second kappa shape index (κ2) is 7.19. The van der Waals surface area contributed by atoms with E-state index >= 15 is 0 Å². The Kier molecular flexibility index (Phi) is 5.54. The Morgan fingerprint density at radius 3 is 2.29 bits per heavy atom. The Bertz CT molecular complexity index is 631. The van der Waals surface area contributed by atoms with E-state index in [1.54, 1.807) is 13.8 Å². The number of rotatable bonds is 7. The van der Waals surface area contributed by atoms with Gasteiger partial charge in [-0.2, -0.15) is 0 Å². The molecule has 0 spiro atoms. The molecule has 0 aliphatic rings. The van der Waals surface area contributed by atoms with E-state index in [2.05, 4.69) is 0 Å². The van der Waals surface area contributed by atoms with E-state index in [9.17, 15) is 9.67 Å². The zero-order valence-electron chi connectivity index (χ0n) is 12.4. The Morgan fingerprint density at radius 1 is 1.05 bits per heavy atom. The van der Waals surface area contributed by atoms with Gasteiger partial charge in [0.05, 0.1) is 25.5 Å². The van der Waals surface area contributed by atoms with Gasteiger partial charge in [0.25, 0.3) is 0 Å². The first kappa shape index (κ1) is 16.2. The minimum atomic E-state index is -3.25. The minimum absolute atomic E-state index is 0.0347. The SMILES string of the molecule is CCOP(=O)(C[C@H](O)c1ccc2ccccc2c1)OCC. The van der Waals surface area contributed by atoms with Crippen LogP contribution in [0.4, 0.5) is 0 Å². The predicted octanol–water partition coefficient (Wildman–Crippen LogP) is 4.14. The van der Waals surface area contributed by atoms with Crippen molar-refractivity contribution < 1.29 is 18.7 Å². The average Bonchev–Trinajstić information content (AvgIpc) is 2.47. The van der Waals surface area contributed by atoms with E-state index in [1.165, 1.54) is 0 Å². The van der Waals surface area contributed by atoms with Crippen molar-refractivity contribution in [1.29, 1.82) is 0 Å². The van der Waals surface area contributed by atoms with Gasteiger partial charge in [-0.1, -0.05) is 36.4 Å². The van der Waals surface area contributed by atoms with E-state index in [0.717, 1.165) is 10.8 Å². The molecular formula is C16H21O4P. The third-order valence-corrected chi connectivity index (χ3v) is 5.30. The van der Waals surface area contributed by atoms with Crippen LogP contribution >= 0.6 is 7.60 Å². The number of hydrogen-bond acceptors (Lipinski definition) is 4. The number of hydrogen-bond donors (Lipinski definition) is 1. The van der Waals surface area contributed by atoms with Crippen LogP contribution < -0.4 is 0 Å². The zero-order valence-corrected chi connectivity index (χ0v) is 13.3. The molecule has 1 N–H and O–H groups in total. The molecule has 0 aromatic heterocycles. The highest BCUT2D eigenvalue weighted by atomic mass is 31.2. The van der Waals surface area contributed by atoms with Crippen molar-refractivity contribution in [2.24, 2.45) is 0 Å². The summed E-state index contributed by atoms with van der Waals surface area (Å²) in [6, 6.07) is 13.6. The van der Waals surface area contributed by atoms with Crippen molar-refractivity contribution in [2.45, 2.75) is 20.0 Å². The predicted molar refractivity (Wildman–Crippen MR) is 84.6 cm³/mol. The summed E-state index contributed by atoms with van der Waals surface area (Å²) in [5.41, 5.74) is 0.716. The van der Waals surface area contributed by atoms with Gasteiger partial charge in [-0.15, -0.1) is 0 Å². The summed E-state index contributed by atoms with van der Waals surface area (Å²) >= 11 is 0. The zero-order chi connectivity index (χ0) is 15.3. The number of fused-ring (bicyclic) bond motifs is 1. The van der Waals surface area contributed by atoms with Crippen LogP contribution in [-0.4, -0.2) is 24.5 Å². The highest BCUT2D eigenvalue weighted by molar-refractivity contribution is 7.53. The molecule has 0 bridgehead atoms. The summed E-state index contributed by atoms with van der Waals surface area (Å²) in [7, 11) is -3.25. The number of aliphatic hydroxyl groups is 1. The molecule has 0 amide bonds. The summed E-state index contributed by atoms with van der Waals surface area (Å²) in [5.74, 6) is 0. The van der Waals surface area contributed by atoms with Crippen LogP contribution in [0, 0.1) is 0 Å². The molecule has 2 rings (SSSR count). The van der Waals surface area contributed by atoms with Crippen molar-refractivity contribution in [3.63, 3.8) is 0 Å². The molecule has 1 atom stereocenters. The lowest BCUT2D eigenvalue weighted by atomic mass is 10.0. The number of benzene rings is 2. The minimum Gasteiger partial charge on any atom is -0.388 e. The van der Waals surface area contributed by atoms with Gasteiger partial charge in [-0.25, -0.2) is 0 Å². The number of aliphatic hydroxyl groups excluding tert-OH is 1. The van der Waals surface area contributed by atoms with E-state index < -0.39 is 13.7 Å². The highest BCUT2D eigenvalue weighted by Crippen LogP contribution is 2.50. The van der Waals surface area contributed by atoms with Crippen molar-refractivity contribution in [3.8, 4) is 0 Å². The second-order valence-electron chi connectivity index (χ2n) is 4.75. The topological polar surface area (TPSA) is 55.8 Å². The summed E-state index contributed by atoms with van der Waals surface area (Å²) < 4.78 is 22.9. The maximum absolute atomic E-state index is 12.5. The van der Waals surface area contributed by atoms with Gasteiger partial charge in [0.2, 0.25) is 0 Å². The molecule has 114 valence electrons. The summed E-state index contributed by atoms with van der Waals surface area (Å²) in [6.07, 6.45) is -0.911. The molecule has 0 radical (unpaired) electrons. The van der Waals surface area contributed by atoms with Gasteiger partial charge in [0, 0.05) is 0 Å². The first-order chi connectivity index (χ1) is 10.1. The third kappa shape index (κ3) is 4.14. The fourth-order valence-corrected chi connectivity index (χ4v) is 3.97. The van der Waals surface area contributed by atoms with Crippen molar-refractivity contribution in [2.75, 3.05) is 19.4 Å². The maximum Gasteiger partial charge on any atom is 0.333 e. The summed E-state index contributed by atoms with van der Waals surface area (Å²) in [5, 5.41) is 12.5. The smallest absolute Gasteiger partial charge is 0.333 e. The van der Waals surface area contributed by atoms with Gasteiger partial charge in [-0.05, 0) is 36.2 Å². The largest absolute Gasteiger partial charge is 0.388 e. The van der Waals surface area contributed by atoms with Crippen molar-refractivity contribution in [3.05, 3.63) is 48.0 Å². The fourth-order valence-electron chi connectivity index (χ4n) is 2.27. The summed E-state index contributed by atoms with van der Waals surface area (Å²) in [4.78, 5) is 0. The lowest BCUT2D eigenvalue weighted by Gasteiger charge is -2.20. The second-order valence-corrected chi connectivity index (χ2v) is 6.85. The van der Waals surface area contributed by atoms with Crippen LogP contribution in [0.1, 0.15) is 25.5 Å². The molecule has 0 saturated carbocycles. The first-order valence-corrected chi connectivity index (χ1v) is 8.85. The molecule has 21 heavy (non-hydrogen) atoms. The monoisotopic (exact) mass is 308 g/mol. The average molecular weight is 308 g/mol. The molecular weight excluding hydrogens is 287 g/mol. The Balaban J connectivity index is 2.20. The van der Waals surface area contributed by atoms with Gasteiger partial charge in [0.15, 0.2) is 0 Å². The molecule has 0 unspecified atom stereocenters. The molecule has 0 aliphatic heterocycles. The lowest BCUT2D eigenvalue weighted by molar-refractivity contribution is 0.170. The maximum atomic E-state index is 12.5.